The van der Waals surface area contributed by atoms with Crippen LogP contribution < -0.4 is 10.3 Å². The molecule has 0 amide bonds. The molecule has 0 fully saturated rings. The number of aromatic nitrogens is 2. The first kappa shape index (κ1) is 22.0. The maximum atomic E-state index is 13.2. The standard InChI is InChI=1S/C21H22ClN3O4S/c1-24(2)11-12-29-20-19(15-7-9-18(10-8-15)30(3,27)28)14-23-25(21(20)26)17-6-4-5-16(22)13-17/h4-10,13-14H,11-12H2,1-3H3. The van der Waals surface area contributed by atoms with Gasteiger partial charge in [-0.05, 0) is 50.0 Å². The summed E-state index contributed by atoms with van der Waals surface area (Å²) >= 11 is 6.06. The van der Waals surface area contributed by atoms with Crippen molar-refractivity contribution >= 4 is 21.4 Å². The van der Waals surface area contributed by atoms with Crippen molar-refractivity contribution in [1.82, 2.24) is 14.7 Å². The molecule has 0 bridgehead atoms. The van der Waals surface area contributed by atoms with Crippen LogP contribution in [0.15, 0.2) is 64.4 Å². The molecule has 30 heavy (non-hydrogen) atoms. The van der Waals surface area contributed by atoms with Crippen molar-refractivity contribution in [1.29, 1.82) is 0 Å². The molecule has 158 valence electrons. The van der Waals surface area contributed by atoms with E-state index in [1.54, 1.807) is 36.4 Å². The summed E-state index contributed by atoms with van der Waals surface area (Å²) in [6.07, 6.45) is 2.67. The second-order valence-corrected chi connectivity index (χ2v) is 9.48. The van der Waals surface area contributed by atoms with E-state index >= 15 is 0 Å². The zero-order valence-corrected chi connectivity index (χ0v) is 18.4. The first-order chi connectivity index (χ1) is 14.2. The number of hydrogen-bond donors (Lipinski definition) is 0. The molecule has 1 aromatic heterocycles. The van der Waals surface area contributed by atoms with Gasteiger partial charge in [-0.3, -0.25) is 4.79 Å². The van der Waals surface area contributed by atoms with Gasteiger partial charge in [0.25, 0.3) is 0 Å². The maximum Gasteiger partial charge on any atom is 0.314 e. The first-order valence-electron chi connectivity index (χ1n) is 9.13. The number of ether oxygens (including phenoxy) is 1. The molecule has 0 spiro atoms. The molecular weight excluding hydrogens is 426 g/mol. The zero-order chi connectivity index (χ0) is 21.9. The van der Waals surface area contributed by atoms with Gasteiger partial charge in [0.2, 0.25) is 0 Å². The smallest absolute Gasteiger partial charge is 0.314 e. The minimum absolute atomic E-state index is 0.138. The number of hydrogen-bond acceptors (Lipinski definition) is 6. The van der Waals surface area contributed by atoms with Gasteiger partial charge in [0.15, 0.2) is 15.6 Å². The molecule has 2 aromatic carbocycles. The Morgan fingerprint density at radius 2 is 1.83 bits per heavy atom. The molecule has 0 aliphatic heterocycles. The Kier molecular flexibility index (Phi) is 6.60. The van der Waals surface area contributed by atoms with Crippen LogP contribution in [0.5, 0.6) is 5.75 Å². The van der Waals surface area contributed by atoms with Gasteiger partial charge in [0.1, 0.15) is 6.61 Å². The minimum Gasteiger partial charge on any atom is -0.486 e. The lowest BCUT2D eigenvalue weighted by molar-refractivity contribution is 0.258. The van der Waals surface area contributed by atoms with E-state index in [9.17, 15) is 13.2 Å². The first-order valence-corrected chi connectivity index (χ1v) is 11.4. The predicted octanol–water partition coefficient (Wildman–Crippen LogP) is 2.90. The molecule has 7 nitrogen and oxygen atoms in total. The van der Waals surface area contributed by atoms with E-state index in [2.05, 4.69) is 5.10 Å². The van der Waals surface area contributed by atoms with E-state index in [-0.39, 0.29) is 10.6 Å². The fraction of sp³-hybridized carbons (Fsp3) is 0.238. The molecule has 0 saturated heterocycles. The van der Waals surface area contributed by atoms with Crippen LogP contribution in [0, 0.1) is 0 Å². The Morgan fingerprint density at radius 3 is 2.43 bits per heavy atom. The summed E-state index contributed by atoms with van der Waals surface area (Å²) in [4.78, 5) is 15.3. The maximum absolute atomic E-state index is 13.2. The van der Waals surface area contributed by atoms with Crippen LogP contribution in [0.1, 0.15) is 0 Å². The molecule has 0 unspecified atom stereocenters. The number of benzene rings is 2. The van der Waals surface area contributed by atoms with Crippen LogP contribution in [-0.2, 0) is 9.84 Å². The average molecular weight is 448 g/mol. The quantitative estimate of drug-likeness (QED) is 0.554. The molecule has 3 rings (SSSR count). The van der Waals surface area contributed by atoms with Crippen LogP contribution in [0.4, 0.5) is 0 Å². The molecule has 0 atom stereocenters. The number of likely N-dealkylation sites (N-methyl/N-ethyl adjacent to an activating group) is 1. The molecule has 9 heteroatoms. The lowest BCUT2D eigenvalue weighted by Gasteiger charge is -2.15. The van der Waals surface area contributed by atoms with Gasteiger partial charge in [-0.15, -0.1) is 0 Å². The Morgan fingerprint density at radius 1 is 1.13 bits per heavy atom. The van der Waals surface area contributed by atoms with E-state index in [1.807, 2.05) is 19.0 Å². The minimum atomic E-state index is -3.32. The third kappa shape index (κ3) is 5.08. The van der Waals surface area contributed by atoms with E-state index in [0.29, 0.717) is 35.0 Å². The highest BCUT2D eigenvalue weighted by atomic mass is 35.5. The van der Waals surface area contributed by atoms with Gasteiger partial charge in [-0.1, -0.05) is 29.8 Å². The Hall–Kier alpha value is -2.68. The summed E-state index contributed by atoms with van der Waals surface area (Å²) in [5.41, 5.74) is 1.20. The van der Waals surface area contributed by atoms with Crippen molar-refractivity contribution in [2.75, 3.05) is 33.5 Å². The van der Waals surface area contributed by atoms with Crippen LogP contribution in [0.2, 0.25) is 5.02 Å². The molecular formula is C21H22ClN3O4S. The lowest BCUT2D eigenvalue weighted by atomic mass is 10.1. The fourth-order valence-corrected chi connectivity index (χ4v) is 3.60. The van der Waals surface area contributed by atoms with Crippen LogP contribution in [0.3, 0.4) is 0 Å². The highest BCUT2D eigenvalue weighted by Crippen LogP contribution is 2.28. The predicted molar refractivity (Wildman–Crippen MR) is 117 cm³/mol. The Bertz CT molecular complexity index is 1210. The fourth-order valence-electron chi connectivity index (χ4n) is 2.79. The number of halogens is 1. The SMILES string of the molecule is CN(C)CCOc1c(-c2ccc(S(C)(=O)=O)cc2)cnn(-c2cccc(Cl)c2)c1=O. The second-order valence-electron chi connectivity index (χ2n) is 7.03. The van der Waals surface area contributed by atoms with Crippen molar-refractivity contribution in [3.05, 3.63) is 70.1 Å². The Labute approximate surface area is 180 Å². The number of nitrogens with zero attached hydrogens (tertiary/aromatic N) is 3. The molecule has 1 heterocycles. The van der Waals surface area contributed by atoms with Crippen molar-refractivity contribution in [2.24, 2.45) is 0 Å². The van der Waals surface area contributed by atoms with Gasteiger partial charge in [0.05, 0.1) is 16.8 Å². The van der Waals surface area contributed by atoms with E-state index in [0.717, 1.165) is 6.26 Å². The zero-order valence-electron chi connectivity index (χ0n) is 16.9. The summed E-state index contributed by atoms with van der Waals surface area (Å²) < 4.78 is 30.5. The van der Waals surface area contributed by atoms with Gasteiger partial charge >= 0.3 is 5.56 Å². The summed E-state index contributed by atoms with van der Waals surface area (Å²) in [6, 6.07) is 13.1. The normalized spacial score (nSPS) is 11.6. The van der Waals surface area contributed by atoms with Gasteiger partial charge in [-0.25, -0.2) is 8.42 Å². The van der Waals surface area contributed by atoms with E-state index in [4.69, 9.17) is 16.3 Å². The van der Waals surface area contributed by atoms with Crippen molar-refractivity contribution in [3.8, 4) is 22.6 Å². The highest BCUT2D eigenvalue weighted by Gasteiger charge is 2.17. The molecule has 0 aliphatic carbocycles. The summed E-state index contributed by atoms with van der Waals surface area (Å²) in [5.74, 6) is 0.138. The van der Waals surface area contributed by atoms with Gasteiger partial charge < -0.3 is 9.64 Å². The van der Waals surface area contributed by atoms with Crippen molar-refractivity contribution in [2.45, 2.75) is 4.90 Å². The van der Waals surface area contributed by atoms with Crippen LogP contribution in [-0.4, -0.2) is 56.6 Å². The third-order valence-corrected chi connectivity index (χ3v) is 5.73. The molecule has 0 N–H and O–H groups in total. The second kappa shape index (κ2) is 8.99. The summed E-state index contributed by atoms with van der Waals surface area (Å²) in [5, 5.41) is 4.76. The largest absolute Gasteiger partial charge is 0.486 e. The van der Waals surface area contributed by atoms with Crippen molar-refractivity contribution in [3.63, 3.8) is 0 Å². The molecule has 0 radical (unpaired) electrons. The molecule has 0 aliphatic rings. The molecule has 3 aromatic rings. The van der Waals surface area contributed by atoms with Crippen LogP contribution >= 0.6 is 11.6 Å². The van der Waals surface area contributed by atoms with Gasteiger partial charge in [0, 0.05) is 23.4 Å². The van der Waals surface area contributed by atoms with Gasteiger partial charge in [-0.2, -0.15) is 9.78 Å². The van der Waals surface area contributed by atoms with E-state index in [1.165, 1.54) is 23.0 Å². The van der Waals surface area contributed by atoms with Crippen molar-refractivity contribution < 1.29 is 13.2 Å². The third-order valence-electron chi connectivity index (χ3n) is 4.36. The monoisotopic (exact) mass is 447 g/mol. The number of rotatable bonds is 7. The van der Waals surface area contributed by atoms with Crippen LogP contribution in [0.25, 0.3) is 16.8 Å². The van der Waals surface area contributed by atoms with E-state index < -0.39 is 15.4 Å². The Balaban J connectivity index is 2.10. The summed E-state index contributed by atoms with van der Waals surface area (Å²) in [7, 11) is 0.494. The highest BCUT2D eigenvalue weighted by molar-refractivity contribution is 7.90. The average Bonchev–Trinajstić information content (AvgIpc) is 2.68. The lowest BCUT2D eigenvalue weighted by Crippen LogP contribution is -2.26. The number of sulfone groups is 1. The topological polar surface area (TPSA) is 81.5 Å². The molecule has 0 saturated carbocycles. The summed E-state index contributed by atoms with van der Waals surface area (Å²) in [6.45, 7) is 0.918.